The fraction of sp³-hybridized carbons (Fsp3) is 0.667. The fourth-order valence-corrected chi connectivity index (χ4v) is 2.47. The first kappa shape index (κ1) is 12.0. The average Bonchev–Trinajstić information content (AvgIpc) is 2.67. The van der Waals surface area contributed by atoms with Crippen molar-refractivity contribution in [2.24, 2.45) is 0 Å². The summed E-state index contributed by atoms with van der Waals surface area (Å²) in [5.74, 6) is -0.312. The van der Waals surface area contributed by atoms with Gasteiger partial charge in [-0.15, -0.1) is 0 Å². The zero-order valence-corrected chi connectivity index (χ0v) is 10.1. The van der Waals surface area contributed by atoms with E-state index >= 15 is 0 Å². The Bertz CT molecular complexity index is 352. The fourth-order valence-electron chi connectivity index (χ4n) is 2.47. The molecule has 0 aromatic carbocycles. The minimum absolute atomic E-state index is 0.0622. The third-order valence-corrected chi connectivity index (χ3v) is 3.35. The maximum absolute atomic E-state index is 11.8. The lowest BCUT2D eigenvalue weighted by Gasteiger charge is -2.32. The van der Waals surface area contributed by atoms with Crippen LogP contribution >= 0.6 is 0 Å². The minimum Gasteiger partial charge on any atom is -0.469 e. The highest BCUT2D eigenvalue weighted by Gasteiger charge is 2.45. The summed E-state index contributed by atoms with van der Waals surface area (Å²) in [6.45, 7) is 2.00. The molecule has 0 saturated carbocycles. The van der Waals surface area contributed by atoms with E-state index in [1.54, 1.807) is 4.90 Å². The smallest absolute Gasteiger partial charge is 0.411 e. The van der Waals surface area contributed by atoms with Crippen molar-refractivity contribution in [2.45, 2.75) is 44.4 Å². The van der Waals surface area contributed by atoms with Crippen LogP contribution in [0.1, 0.15) is 26.2 Å². The van der Waals surface area contributed by atoms with Gasteiger partial charge in [0.1, 0.15) is 6.10 Å². The van der Waals surface area contributed by atoms with Crippen LogP contribution in [0.4, 0.5) is 4.79 Å². The Labute approximate surface area is 100 Å². The molecule has 0 aromatic heterocycles. The van der Waals surface area contributed by atoms with Crippen molar-refractivity contribution in [3.63, 3.8) is 0 Å². The second-order valence-corrected chi connectivity index (χ2v) is 4.32. The van der Waals surface area contributed by atoms with Gasteiger partial charge in [-0.3, -0.25) is 9.69 Å². The van der Waals surface area contributed by atoms with Crippen LogP contribution in [-0.4, -0.2) is 42.3 Å². The highest BCUT2D eigenvalue weighted by molar-refractivity contribution is 5.75. The molecule has 1 saturated heterocycles. The molecule has 94 valence electrons. The molecular formula is C12H17NO4. The van der Waals surface area contributed by atoms with Crippen LogP contribution in [0.15, 0.2) is 12.2 Å². The van der Waals surface area contributed by atoms with E-state index < -0.39 is 0 Å². The molecule has 0 radical (unpaired) electrons. The van der Waals surface area contributed by atoms with Gasteiger partial charge < -0.3 is 9.47 Å². The van der Waals surface area contributed by atoms with Crippen LogP contribution in [0.3, 0.4) is 0 Å². The van der Waals surface area contributed by atoms with E-state index in [0.717, 1.165) is 12.8 Å². The standard InChI is InChI=1S/C12H17NO4/c1-3-10-9-6-4-5-8(7-11(14)16-2)13(9)12(15)17-10/h4-5,8-10H,3,6-7H2,1-2H3/t8-,9+,10+/m1/s1. The van der Waals surface area contributed by atoms with E-state index in [-0.39, 0.29) is 36.7 Å². The van der Waals surface area contributed by atoms with E-state index in [0.29, 0.717) is 0 Å². The van der Waals surface area contributed by atoms with Gasteiger partial charge in [-0.25, -0.2) is 4.79 Å². The van der Waals surface area contributed by atoms with Crippen molar-refractivity contribution in [3.05, 3.63) is 12.2 Å². The Kier molecular flexibility index (Phi) is 3.36. The van der Waals surface area contributed by atoms with Gasteiger partial charge in [0.05, 0.1) is 25.6 Å². The van der Waals surface area contributed by atoms with Crippen molar-refractivity contribution in [1.29, 1.82) is 0 Å². The monoisotopic (exact) mass is 239 g/mol. The van der Waals surface area contributed by atoms with Crippen molar-refractivity contribution in [2.75, 3.05) is 7.11 Å². The van der Waals surface area contributed by atoms with Gasteiger partial charge in [-0.05, 0) is 12.8 Å². The summed E-state index contributed by atoms with van der Waals surface area (Å²) in [6.07, 6.45) is 5.29. The number of ether oxygens (including phenoxy) is 2. The topological polar surface area (TPSA) is 55.8 Å². The van der Waals surface area contributed by atoms with Gasteiger partial charge in [0.15, 0.2) is 0 Å². The summed E-state index contributed by atoms with van der Waals surface area (Å²) >= 11 is 0. The Hall–Kier alpha value is -1.52. The van der Waals surface area contributed by atoms with E-state index in [1.165, 1.54) is 7.11 Å². The Morgan fingerprint density at radius 1 is 1.65 bits per heavy atom. The van der Waals surface area contributed by atoms with E-state index in [9.17, 15) is 9.59 Å². The first-order valence-electron chi connectivity index (χ1n) is 5.89. The minimum atomic E-state index is -0.319. The summed E-state index contributed by atoms with van der Waals surface area (Å²) in [5.41, 5.74) is 0. The van der Waals surface area contributed by atoms with Gasteiger partial charge in [0.2, 0.25) is 0 Å². The predicted molar refractivity (Wildman–Crippen MR) is 60.4 cm³/mol. The van der Waals surface area contributed by atoms with E-state index in [4.69, 9.17) is 4.74 Å². The molecule has 2 aliphatic heterocycles. The van der Waals surface area contributed by atoms with Crippen LogP contribution in [0, 0.1) is 0 Å². The summed E-state index contributed by atoms with van der Waals surface area (Å²) in [4.78, 5) is 24.7. The highest BCUT2D eigenvalue weighted by atomic mass is 16.6. The van der Waals surface area contributed by atoms with Crippen LogP contribution in [-0.2, 0) is 14.3 Å². The highest BCUT2D eigenvalue weighted by Crippen LogP contribution is 2.31. The van der Waals surface area contributed by atoms with E-state index in [2.05, 4.69) is 4.74 Å². The number of esters is 1. The lowest BCUT2D eigenvalue weighted by molar-refractivity contribution is -0.141. The number of carbonyl (C=O) groups is 2. The molecule has 0 N–H and O–H groups in total. The number of hydrogen-bond donors (Lipinski definition) is 0. The first-order chi connectivity index (χ1) is 8.17. The largest absolute Gasteiger partial charge is 0.469 e. The molecule has 3 atom stereocenters. The number of hydrogen-bond acceptors (Lipinski definition) is 4. The van der Waals surface area contributed by atoms with Crippen LogP contribution in [0.25, 0.3) is 0 Å². The second kappa shape index (κ2) is 4.77. The normalized spacial score (nSPS) is 31.1. The van der Waals surface area contributed by atoms with Gasteiger partial charge in [-0.2, -0.15) is 0 Å². The molecule has 1 fully saturated rings. The molecule has 0 aromatic rings. The van der Waals surface area contributed by atoms with Crippen molar-refractivity contribution >= 4 is 12.1 Å². The number of rotatable bonds is 3. The van der Waals surface area contributed by atoms with Gasteiger partial charge in [0.25, 0.3) is 0 Å². The SMILES string of the molecule is CC[C@@H]1OC(=O)N2[C@@H](CC(=O)OC)C=CC[C@@H]12. The maximum Gasteiger partial charge on any atom is 0.411 e. The molecule has 5 heteroatoms. The van der Waals surface area contributed by atoms with Crippen molar-refractivity contribution < 1.29 is 19.1 Å². The average molecular weight is 239 g/mol. The van der Waals surface area contributed by atoms with Crippen molar-refractivity contribution in [1.82, 2.24) is 4.90 Å². The number of nitrogens with zero attached hydrogens (tertiary/aromatic N) is 1. The second-order valence-electron chi connectivity index (χ2n) is 4.32. The lowest BCUT2D eigenvalue weighted by Crippen LogP contribution is -2.45. The molecular weight excluding hydrogens is 222 g/mol. The summed E-state index contributed by atoms with van der Waals surface area (Å²) in [6, 6.07) is -0.169. The summed E-state index contributed by atoms with van der Waals surface area (Å²) in [7, 11) is 1.35. The molecule has 2 heterocycles. The first-order valence-corrected chi connectivity index (χ1v) is 5.89. The van der Waals surface area contributed by atoms with Gasteiger partial charge >= 0.3 is 12.1 Å². The lowest BCUT2D eigenvalue weighted by atomic mass is 9.97. The summed E-state index contributed by atoms with van der Waals surface area (Å²) < 4.78 is 9.94. The zero-order valence-electron chi connectivity index (χ0n) is 10.1. The number of cyclic esters (lactones) is 1. The van der Waals surface area contributed by atoms with E-state index in [1.807, 2.05) is 19.1 Å². The Morgan fingerprint density at radius 2 is 2.41 bits per heavy atom. The van der Waals surface area contributed by atoms with Crippen LogP contribution in [0.2, 0.25) is 0 Å². The third kappa shape index (κ3) is 2.14. The van der Waals surface area contributed by atoms with Crippen molar-refractivity contribution in [3.8, 4) is 0 Å². The molecule has 2 aliphatic rings. The quantitative estimate of drug-likeness (QED) is 0.553. The molecule has 0 unspecified atom stereocenters. The number of carbonyl (C=O) groups excluding carboxylic acids is 2. The molecule has 17 heavy (non-hydrogen) atoms. The molecule has 0 aliphatic carbocycles. The summed E-state index contributed by atoms with van der Waals surface area (Å²) in [5, 5.41) is 0. The Morgan fingerprint density at radius 3 is 3.06 bits per heavy atom. The van der Waals surface area contributed by atoms with Crippen LogP contribution in [0.5, 0.6) is 0 Å². The number of amides is 1. The zero-order chi connectivity index (χ0) is 12.4. The number of methoxy groups -OCH3 is 1. The predicted octanol–water partition coefficient (Wildman–Crippen LogP) is 1.48. The third-order valence-electron chi connectivity index (χ3n) is 3.35. The van der Waals surface area contributed by atoms with Gasteiger partial charge in [-0.1, -0.05) is 19.1 Å². The van der Waals surface area contributed by atoms with Gasteiger partial charge in [0, 0.05) is 0 Å². The molecule has 1 amide bonds. The number of fused-ring (bicyclic) bond motifs is 1. The van der Waals surface area contributed by atoms with Crippen LogP contribution < -0.4 is 0 Å². The molecule has 2 rings (SSSR count). The Balaban J connectivity index is 2.13. The molecule has 5 nitrogen and oxygen atoms in total. The maximum atomic E-state index is 11.8. The molecule has 0 bridgehead atoms. The molecule has 0 spiro atoms.